The van der Waals surface area contributed by atoms with Crippen LogP contribution in [0.25, 0.3) is 0 Å². The topological polar surface area (TPSA) is 182 Å². The number of nitrogens with zero attached hydrogens (tertiary/aromatic N) is 7. The number of nitrogens with one attached hydrogen (secondary N) is 1. The molecule has 2 aromatic carbocycles. The summed E-state index contributed by atoms with van der Waals surface area (Å²) in [6.07, 6.45) is 1.20. The number of hydrogen-bond acceptors (Lipinski definition) is 14. The first-order valence-corrected chi connectivity index (χ1v) is 19.0. The zero-order chi connectivity index (χ0) is 42.0. The molecular weight excluding hydrogens is 783 g/mol. The fourth-order valence-corrected chi connectivity index (χ4v) is 7.19. The lowest BCUT2D eigenvalue weighted by Crippen LogP contribution is -2.54. The van der Waals surface area contributed by atoms with E-state index in [1.165, 1.54) is 38.5 Å². The average Bonchev–Trinajstić information content (AvgIpc) is 3.90. The normalized spacial score (nSPS) is 15.1. The largest absolute Gasteiger partial charge is 0.495 e. The van der Waals surface area contributed by atoms with Crippen LogP contribution in [0.1, 0.15) is 61.3 Å². The number of benzene rings is 2. The van der Waals surface area contributed by atoms with Gasteiger partial charge in [-0.25, -0.2) is 29.4 Å². The van der Waals surface area contributed by atoms with E-state index in [4.69, 9.17) is 42.1 Å². The van der Waals surface area contributed by atoms with E-state index in [0.29, 0.717) is 17.1 Å². The second-order valence-electron chi connectivity index (χ2n) is 15.6. The Hall–Kier alpha value is -5.13. The van der Waals surface area contributed by atoms with Crippen molar-refractivity contribution in [2.75, 3.05) is 67.0 Å². The van der Waals surface area contributed by atoms with Crippen molar-refractivity contribution in [2.45, 2.75) is 78.0 Å². The molecule has 1 N–H and O–H groups in total. The molecule has 57 heavy (non-hydrogen) atoms. The number of ether oxygens (including phenoxy) is 4. The van der Waals surface area contributed by atoms with Gasteiger partial charge in [0.05, 0.1) is 25.7 Å². The highest BCUT2D eigenvalue weighted by Crippen LogP contribution is 2.48. The van der Waals surface area contributed by atoms with Crippen molar-refractivity contribution < 1.29 is 38.3 Å². The van der Waals surface area contributed by atoms with E-state index < -0.39 is 40.8 Å². The van der Waals surface area contributed by atoms with Gasteiger partial charge in [-0.15, -0.1) is 0 Å². The van der Waals surface area contributed by atoms with Crippen molar-refractivity contribution in [1.29, 1.82) is 0 Å². The number of likely N-dealkylation sites (N-methyl/N-ethyl adjacent to an activating group) is 1. The van der Waals surface area contributed by atoms with Gasteiger partial charge in [-0.2, -0.15) is 0 Å². The van der Waals surface area contributed by atoms with E-state index >= 15 is 0 Å². The molecule has 3 aromatic rings. The van der Waals surface area contributed by atoms with Gasteiger partial charge in [0.2, 0.25) is 0 Å². The number of methoxy groups -OCH3 is 2. The molecule has 0 bridgehead atoms. The number of nitro benzene ring substituents is 1. The summed E-state index contributed by atoms with van der Waals surface area (Å²) in [5.74, 6) is -0.845. The molecule has 17 nitrogen and oxygen atoms in total. The number of nitro groups is 1. The summed E-state index contributed by atoms with van der Waals surface area (Å²) in [4.78, 5) is 68.3. The first-order valence-electron chi connectivity index (χ1n) is 18.3. The minimum Gasteiger partial charge on any atom is -0.495 e. The van der Waals surface area contributed by atoms with E-state index in [0.717, 1.165) is 43.7 Å². The van der Waals surface area contributed by atoms with Crippen molar-refractivity contribution in [3.05, 3.63) is 56.8 Å². The molecule has 1 aromatic heterocycles. The number of halogens is 2. The molecule has 1 saturated heterocycles. The maximum Gasteiger partial charge on any atom is 0.421 e. The minimum atomic E-state index is -1.09. The van der Waals surface area contributed by atoms with Crippen LogP contribution in [0.5, 0.6) is 11.5 Å². The van der Waals surface area contributed by atoms with Crippen LogP contribution in [0.3, 0.4) is 0 Å². The third-order valence-electron chi connectivity index (χ3n) is 9.24. The summed E-state index contributed by atoms with van der Waals surface area (Å²) in [6.45, 7) is 14.6. The number of anilines is 5. The molecule has 0 atom stereocenters. The lowest BCUT2D eigenvalue weighted by atomic mass is 10.1. The highest BCUT2D eigenvalue weighted by atomic mass is 35.5. The van der Waals surface area contributed by atoms with Gasteiger partial charge in [-0.1, -0.05) is 30.1 Å². The minimum absolute atomic E-state index is 0.00858. The number of amides is 3. The Morgan fingerprint density at radius 3 is 2.09 bits per heavy atom. The summed E-state index contributed by atoms with van der Waals surface area (Å²) in [5.41, 5.74) is -1.98. The van der Waals surface area contributed by atoms with Crippen LogP contribution in [-0.2, 0) is 14.3 Å². The van der Waals surface area contributed by atoms with E-state index in [9.17, 15) is 24.5 Å². The van der Waals surface area contributed by atoms with Crippen LogP contribution in [0.4, 0.5) is 44.0 Å². The molecule has 19 heteroatoms. The molecule has 0 unspecified atom stereocenters. The van der Waals surface area contributed by atoms with Crippen LogP contribution < -0.4 is 29.5 Å². The number of aromatic nitrogens is 2. The predicted molar refractivity (Wildman–Crippen MR) is 217 cm³/mol. The van der Waals surface area contributed by atoms with Crippen LogP contribution in [0.2, 0.25) is 10.0 Å². The number of carbonyl (C=O) groups is 3. The van der Waals surface area contributed by atoms with Gasteiger partial charge < -0.3 is 29.2 Å². The maximum atomic E-state index is 14.0. The molecule has 3 amide bonds. The number of rotatable bonds is 11. The van der Waals surface area contributed by atoms with Crippen molar-refractivity contribution in [2.24, 2.45) is 0 Å². The number of hydrogen-bond donors (Lipinski definition) is 1. The number of piperazine rings is 1. The van der Waals surface area contributed by atoms with Gasteiger partial charge >= 0.3 is 12.2 Å². The van der Waals surface area contributed by atoms with Crippen LogP contribution in [0, 0.1) is 10.1 Å². The van der Waals surface area contributed by atoms with E-state index in [1.54, 1.807) is 47.6 Å². The zero-order valence-electron chi connectivity index (χ0n) is 33.5. The Morgan fingerprint density at radius 1 is 0.930 bits per heavy atom. The average molecular weight is 832 g/mol. The number of carbonyl (C=O) groups excluding carboxylic acids is 3. The van der Waals surface area contributed by atoms with Gasteiger partial charge in [0.25, 0.3) is 11.6 Å². The monoisotopic (exact) mass is 830 g/mol. The quantitative estimate of drug-likeness (QED) is 0.146. The van der Waals surface area contributed by atoms with Crippen molar-refractivity contribution in [1.82, 2.24) is 14.9 Å². The molecule has 0 radical (unpaired) electrons. The molecule has 1 saturated carbocycles. The van der Waals surface area contributed by atoms with Gasteiger partial charge in [0.1, 0.15) is 62.1 Å². The van der Waals surface area contributed by atoms with Gasteiger partial charge in [-0.3, -0.25) is 19.8 Å². The van der Waals surface area contributed by atoms with Gasteiger partial charge in [-0.05, 0) is 73.1 Å². The lowest BCUT2D eigenvalue weighted by Gasteiger charge is -2.42. The van der Waals surface area contributed by atoms with Gasteiger partial charge in [0, 0.05) is 49.1 Å². The van der Waals surface area contributed by atoms with E-state index in [2.05, 4.69) is 32.0 Å². The molecule has 2 fully saturated rings. The first-order chi connectivity index (χ1) is 26.7. The Balaban J connectivity index is 1.49. The summed E-state index contributed by atoms with van der Waals surface area (Å²) in [7, 11) is 2.68. The molecule has 308 valence electrons. The fraction of sp³-hybridized carbons (Fsp3) is 0.500. The van der Waals surface area contributed by atoms with Gasteiger partial charge in [0.15, 0.2) is 0 Å². The highest BCUT2D eigenvalue weighted by molar-refractivity contribution is 6.43. The third kappa shape index (κ3) is 9.71. The zero-order valence-corrected chi connectivity index (χ0v) is 35.0. The van der Waals surface area contributed by atoms with Crippen molar-refractivity contribution in [3.8, 4) is 11.5 Å². The molecule has 5 rings (SSSR count). The van der Waals surface area contributed by atoms with E-state index in [-0.39, 0.29) is 55.8 Å². The van der Waals surface area contributed by atoms with Crippen LogP contribution in [-0.4, -0.2) is 102 Å². The smallest absolute Gasteiger partial charge is 0.421 e. The third-order valence-corrected chi connectivity index (χ3v) is 9.98. The summed E-state index contributed by atoms with van der Waals surface area (Å²) in [5, 5.41) is 15.2. The van der Waals surface area contributed by atoms with Crippen molar-refractivity contribution >= 4 is 75.7 Å². The van der Waals surface area contributed by atoms with E-state index in [1.807, 2.05) is 0 Å². The Morgan fingerprint density at radius 2 is 1.54 bits per heavy atom. The van der Waals surface area contributed by atoms with Crippen molar-refractivity contribution in [3.63, 3.8) is 0 Å². The Bertz CT molecular complexity index is 2010. The second-order valence-corrected chi connectivity index (χ2v) is 16.3. The lowest BCUT2D eigenvalue weighted by molar-refractivity contribution is -0.384. The molecule has 2 aliphatic rings. The van der Waals surface area contributed by atoms with Crippen LogP contribution >= 0.6 is 23.2 Å². The predicted octanol–water partition coefficient (Wildman–Crippen LogP) is 7.84. The molecule has 1 spiro atoms. The molecule has 1 aliphatic carbocycles. The fourth-order valence-electron chi connectivity index (χ4n) is 6.52. The Labute approximate surface area is 341 Å². The maximum absolute atomic E-state index is 14.0. The first kappa shape index (κ1) is 43.0. The highest BCUT2D eigenvalue weighted by Gasteiger charge is 2.50. The van der Waals surface area contributed by atoms with Crippen LogP contribution in [0.15, 0.2) is 36.7 Å². The number of imide groups is 1. The second kappa shape index (κ2) is 16.8. The molecular formula is C38H48Cl2N8O9. The summed E-state index contributed by atoms with van der Waals surface area (Å²) >= 11 is 13.2. The molecule has 1 aliphatic heterocycles. The standard InChI is InChI=1S/C38H48Cl2N8O9/c1-10-45-16-15-44(21-38(45)13-14-38)23-11-12-24(25(17-23)48(52)53)46(34(50)56-36(2,3)4)29-19-28(42-22-43-29)41-20-30(49)47(35(51)57-37(5,6)7)33-31(39)26(54-8)18-27(55-9)32(33)40/h11-12,17-19,22H,10,13-16,20-21H2,1-9H3,(H,41,42,43). The summed E-state index contributed by atoms with van der Waals surface area (Å²) < 4.78 is 21.9. The Kier molecular flexibility index (Phi) is 12.6. The molecule has 2 heterocycles. The summed E-state index contributed by atoms with van der Waals surface area (Å²) in [6, 6.07) is 7.40. The SMILES string of the molecule is CCN1CCN(c2ccc(N(C(=O)OC(C)(C)C)c3cc(NCC(=O)N(C(=O)OC(C)(C)C)c4c(Cl)c(OC)cc(OC)c4Cl)ncn3)c([N+](=O)[O-])c2)CC12CC2.